The second kappa shape index (κ2) is 8.28. The first-order chi connectivity index (χ1) is 12.5. The third-order valence-electron chi connectivity index (χ3n) is 6.31. The van der Waals surface area contributed by atoms with Crippen LogP contribution in [0, 0.1) is 26.7 Å². The van der Waals surface area contributed by atoms with Crippen LogP contribution in [0.2, 0.25) is 0 Å². The summed E-state index contributed by atoms with van der Waals surface area (Å²) in [5, 5.41) is 3.27. The predicted octanol–water partition coefficient (Wildman–Crippen LogP) is 3.63. The lowest BCUT2D eigenvalue weighted by Gasteiger charge is -2.33. The van der Waals surface area contributed by atoms with Gasteiger partial charge in [-0.2, -0.15) is 0 Å². The molecule has 2 N–H and O–H groups in total. The van der Waals surface area contributed by atoms with E-state index >= 15 is 0 Å². The number of carbonyl (C=O) groups is 2. The van der Waals surface area contributed by atoms with Crippen molar-refractivity contribution in [3.63, 3.8) is 0 Å². The molecule has 1 saturated carbocycles. The maximum Gasteiger partial charge on any atom is 0.270 e. The number of hydrogen-bond acceptors (Lipinski definition) is 2. The molecular formula is C21H33N3O2. The molecule has 144 valence electrons. The minimum Gasteiger partial charge on any atom is -0.354 e. The van der Waals surface area contributed by atoms with Crippen molar-refractivity contribution >= 4 is 11.8 Å². The van der Waals surface area contributed by atoms with E-state index in [9.17, 15) is 9.59 Å². The van der Waals surface area contributed by atoms with E-state index in [0.29, 0.717) is 18.3 Å². The van der Waals surface area contributed by atoms with Crippen molar-refractivity contribution in [3.05, 3.63) is 22.5 Å². The molecule has 2 aliphatic rings. The number of H-pyrrole nitrogens is 1. The summed E-state index contributed by atoms with van der Waals surface area (Å²) in [7, 11) is 0. The Labute approximate surface area is 156 Å². The lowest BCUT2D eigenvalue weighted by molar-refractivity contribution is -0.127. The lowest BCUT2D eigenvalue weighted by Crippen LogP contribution is -2.47. The fraction of sp³-hybridized carbons (Fsp3) is 0.714. The molecule has 1 saturated heterocycles. The zero-order valence-corrected chi connectivity index (χ0v) is 16.5. The fourth-order valence-corrected chi connectivity index (χ4v) is 4.33. The van der Waals surface area contributed by atoms with Gasteiger partial charge in [0.2, 0.25) is 5.91 Å². The second-order valence-corrected chi connectivity index (χ2v) is 8.16. The third kappa shape index (κ3) is 4.13. The molecule has 1 atom stereocenters. The molecule has 0 radical (unpaired) electrons. The van der Waals surface area contributed by atoms with E-state index in [1.807, 2.05) is 25.7 Å². The molecule has 5 heteroatoms. The van der Waals surface area contributed by atoms with Crippen LogP contribution in [-0.4, -0.2) is 40.8 Å². The number of piperidine rings is 1. The van der Waals surface area contributed by atoms with E-state index in [4.69, 9.17) is 0 Å². The Kier molecular flexibility index (Phi) is 6.05. The Morgan fingerprint density at radius 3 is 2.27 bits per heavy atom. The molecular weight excluding hydrogens is 326 g/mol. The lowest BCUT2D eigenvalue weighted by atomic mass is 9.95. The topological polar surface area (TPSA) is 65.2 Å². The molecule has 2 heterocycles. The molecule has 3 rings (SSSR count). The minimum absolute atomic E-state index is 0.0330. The average molecular weight is 360 g/mol. The Hall–Kier alpha value is -1.78. The predicted molar refractivity (Wildman–Crippen MR) is 103 cm³/mol. The van der Waals surface area contributed by atoms with Crippen molar-refractivity contribution < 1.29 is 9.59 Å². The van der Waals surface area contributed by atoms with Crippen molar-refractivity contribution in [2.45, 2.75) is 78.2 Å². The standard InChI is InChI=1S/C21H33N3O2/c1-14-15(2)19(22-16(14)3)21(26)24-12-8-9-17(13-24)20(25)23-18-10-6-4-5-7-11-18/h17-18,22H,4-13H2,1-3H3,(H,23,25)/t17-/m0/s1. The Bertz CT molecular complexity index is 656. The summed E-state index contributed by atoms with van der Waals surface area (Å²) in [5.74, 6) is 0.101. The van der Waals surface area contributed by atoms with Crippen molar-refractivity contribution in [2.24, 2.45) is 5.92 Å². The second-order valence-electron chi connectivity index (χ2n) is 8.16. The Morgan fingerprint density at radius 1 is 0.962 bits per heavy atom. The molecule has 0 unspecified atom stereocenters. The molecule has 2 fully saturated rings. The number of aromatic nitrogens is 1. The maximum atomic E-state index is 13.0. The zero-order valence-electron chi connectivity index (χ0n) is 16.5. The van der Waals surface area contributed by atoms with E-state index < -0.39 is 0 Å². The number of nitrogens with one attached hydrogen (secondary N) is 2. The van der Waals surface area contributed by atoms with Gasteiger partial charge in [0.1, 0.15) is 5.69 Å². The summed E-state index contributed by atoms with van der Waals surface area (Å²) in [6.07, 6.45) is 8.97. The van der Waals surface area contributed by atoms with E-state index in [2.05, 4.69) is 10.3 Å². The van der Waals surface area contributed by atoms with E-state index in [0.717, 1.165) is 49.0 Å². The summed E-state index contributed by atoms with van der Waals surface area (Å²) in [4.78, 5) is 30.8. The van der Waals surface area contributed by atoms with Crippen LogP contribution >= 0.6 is 0 Å². The van der Waals surface area contributed by atoms with Crippen LogP contribution in [0.4, 0.5) is 0 Å². The molecule has 0 aromatic carbocycles. The number of nitrogens with zero attached hydrogens (tertiary/aromatic N) is 1. The van der Waals surface area contributed by atoms with Gasteiger partial charge in [0.05, 0.1) is 5.92 Å². The van der Waals surface area contributed by atoms with Gasteiger partial charge < -0.3 is 15.2 Å². The SMILES string of the molecule is Cc1[nH]c(C(=O)N2CCC[C@H](C(=O)NC3CCCCCC3)C2)c(C)c1C. The average Bonchev–Trinajstić information content (AvgIpc) is 2.84. The summed E-state index contributed by atoms with van der Waals surface area (Å²) < 4.78 is 0. The van der Waals surface area contributed by atoms with Crippen LogP contribution < -0.4 is 5.32 Å². The highest BCUT2D eigenvalue weighted by Gasteiger charge is 2.31. The van der Waals surface area contributed by atoms with Crippen LogP contribution in [0.15, 0.2) is 0 Å². The first-order valence-electron chi connectivity index (χ1n) is 10.2. The van der Waals surface area contributed by atoms with Gasteiger partial charge in [0, 0.05) is 24.8 Å². The van der Waals surface area contributed by atoms with E-state index in [1.165, 1.54) is 25.7 Å². The third-order valence-corrected chi connectivity index (χ3v) is 6.31. The van der Waals surface area contributed by atoms with Crippen molar-refractivity contribution in [1.29, 1.82) is 0 Å². The van der Waals surface area contributed by atoms with Crippen LogP contribution in [0.25, 0.3) is 0 Å². The molecule has 1 aliphatic heterocycles. The van der Waals surface area contributed by atoms with Crippen LogP contribution in [0.1, 0.15) is 78.7 Å². The quantitative estimate of drug-likeness (QED) is 0.810. The fourth-order valence-electron chi connectivity index (χ4n) is 4.33. The van der Waals surface area contributed by atoms with Gasteiger partial charge in [-0.25, -0.2) is 0 Å². The van der Waals surface area contributed by atoms with Gasteiger partial charge in [-0.05, 0) is 57.6 Å². The van der Waals surface area contributed by atoms with E-state index in [1.54, 1.807) is 0 Å². The highest BCUT2D eigenvalue weighted by molar-refractivity contribution is 5.95. The molecule has 5 nitrogen and oxygen atoms in total. The summed E-state index contributed by atoms with van der Waals surface area (Å²) in [6.45, 7) is 7.30. The first-order valence-corrected chi connectivity index (χ1v) is 10.2. The Morgan fingerprint density at radius 2 is 1.65 bits per heavy atom. The molecule has 0 bridgehead atoms. The summed E-state index contributed by atoms with van der Waals surface area (Å²) in [6, 6.07) is 0.326. The molecule has 1 aromatic heterocycles. The normalized spacial score (nSPS) is 22.1. The smallest absolute Gasteiger partial charge is 0.270 e. The number of aromatic amines is 1. The van der Waals surface area contributed by atoms with Gasteiger partial charge in [-0.15, -0.1) is 0 Å². The van der Waals surface area contributed by atoms with Gasteiger partial charge in [-0.1, -0.05) is 25.7 Å². The largest absolute Gasteiger partial charge is 0.354 e. The number of likely N-dealkylation sites (tertiary alicyclic amines) is 1. The number of rotatable bonds is 3. The molecule has 2 amide bonds. The highest BCUT2D eigenvalue weighted by atomic mass is 16.2. The van der Waals surface area contributed by atoms with Crippen LogP contribution in [-0.2, 0) is 4.79 Å². The molecule has 1 aromatic rings. The number of amides is 2. The van der Waals surface area contributed by atoms with Crippen molar-refractivity contribution in [2.75, 3.05) is 13.1 Å². The maximum absolute atomic E-state index is 13.0. The van der Waals surface area contributed by atoms with Crippen LogP contribution in [0.5, 0.6) is 0 Å². The minimum atomic E-state index is -0.0755. The van der Waals surface area contributed by atoms with Crippen molar-refractivity contribution in [3.8, 4) is 0 Å². The van der Waals surface area contributed by atoms with Gasteiger partial charge in [0.15, 0.2) is 0 Å². The number of hydrogen-bond donors (Lipinski definition) is 2. The Balaban J connectivity index is 1.62. The number of carbonyl (C=O) groups excluding carboxylic acids is 2. The highest BCUT2D eigenvalue weighted by Crippen LogP contribution is 2.23. The van der Waals surface area contributed by atoms with Crippen molar-refractivity contribution in [1.82, 2.24) is 15.2 Å². The molecule has 0 spiro atoms. The molecule has 26 heavy (non-hydrogen) atoms. The van der Waals surface area contributed by atoms with E-state index in [-0.39, 0.29) is 17.7 Å². The summed E-state index contributed by atoms with van der Waals surface area (Å²) >= 11 is 0. The van der Waals surface area contributed by atoms with Gasteiger partial charge >= 0.3 is 0 Å². The van der Waals surface area contributed by atoms with Gasteiger partial charge in [0.25, 0.3) is 5.91 Å². The molecule has 1 aliphatic carbocycles. The zero-order chi connectivity index (χ0) is 18.7. The monoisotopic (exact) mass is 359 g/mol. The van der Waals surface area contributed by atoms with Gasteiger partial charge in [-0.3, -0.25) is 9.59 Å². The summed E-state index contributed by atoms with van der Waals surface area (Å²) in [5.41, 5.74) is 3.90. The van der Waals surface area contributed by atoms with Crippen LogP contribution in [0.3, 0.4) is 0 Å². The number of aryl methyl sites for hydroxylation is 1. The first kappa shape index (κ1) is 19.0.